The second kappa shape index (κ2) is 4.36. The zero-order valence-corrected chi connectivity index (χ0v) is 8.80. The number of carbonyl (C=O) groups excluding carboxylic acids is 1. The van der Waals surface area contributed by atoms with Crippen molar-refractivity contribution >= 4 is 5.78 Å². The number of benzene rings is 1. The molecule has 0 bridgehead atoms. The lowest BCUT2D eigenvalue weighted by atomic mass is 9.92. The van der Waals surface area contributed by atoms with Gasteiger partial charge in [-0.3, -0.25) is 0 Å². The van der Waals surface area contributed by atoms with Crippen molar-refractivity contribution in [2.24, 2.45) is 0 Å². The molecule has 14 heavy (non-hydrogen) atoms. The Kier molecular flexibility index (Phi) is 3.39. The van der Waals surface area contributed by atoms with Crippen LogP contribution in [0.15, 0.2) is 18.2 Å². The van der Waals surface area contributed by atoms with Crippen LogP contribution in [-0.2, 0) is 4.79 Å². The number of ketones is 1. The molecular formula is C12H15FO. The van der Waals surface area contributed by atoms with Gasteiger partial charge in [0.1, 0.15) is 11.6 Å². The monoisotopic (exact) mass is 194 g/mol. The minimum atomic E-state index is -0.221. The molecule has 1 atom stereocenters. The smallest absolute Gasteiger partial charge is 0.130 e. The quantitative estimate of drug-likeness (QED) is 0.722. The molecule has 1 aromatic carbocycles. The van der Waals surface area contributed by atoms with E-state index in [0.717, 1.165) is 11.1 Å². The van der Waals surface area contributed by atoms with Crippen LogP contribution in [0, 0.1) is 12.7 Å². The fraction of sp³-hybridized carbons (Fsp3) is 0.417. The van der Waals surface area contributed by atoms with Gasteiger partial charge in [-0.05, 0) is 43.0 Å². The van der Waals surface area contributed by atoms with Gasteiger partial charge in [0, 0.05) is 6.42 Å². The molecule has 1 nitrogen and oxygen atoms in total. The van der Waals surface area contributed by atoms with E-state index < -0.39 is 0 Å². The number of halogens is 1. The van der Waals surface area contributed by atoms with Crippen LogP contribution in [0.3, 0.4) is 0 Å². The highest BCUT2D eigenvalue weighted by molar-refractivity contribution is 5.76. The highest BCUT2D eigenvalue weighted by atomic mass is 19.1. The Labute approximate surface area is 83.9 Å². The van der Waals surface area contributed by atoms with Crippen molar-refractivity contribution < 1.29 is 9.18 Å². The molecule has 76 valence electrons. The van der Waals surface area contributed by atoms with Crippen molar-refractivity contribution in [2.75, 3.05) is 0 Å². The highest BCUT2D eigenvalue weighted by Crippen LogP contribution is 2.23. The summed E-state index contributed by atoms with van der Waals surface area (Å²) in [6.07, 6.45) is 0.520. The molecule has 0 aliphatic rings. The largest absolute Gasteiger partial charge is 0.300 e. The molecular weight excluding hydrogens is 179 g/mol. The summed E-state index contributed by atoms with van der Waals surface area (Å²) < 4.78 is 12.8. The van der Waals surface area contributed by atoms with E-state index in [2.05, 4.69) is 0 Å². The molecule has 0 radical (unpaired) electrons. The fourth-order valence-electron chi connectivity index (χ4n) is 1.73. The molecule has 0 saturated carbocycles. The van der Waals surface area contributed by atoms with Crippen molar-refractivity contribution in [3.05, 3.63) is 35.1 Å². The predicted molar refractivity (Wildman–Crippen MR) is 54.9 cm³/mol. The van der Waals surface area contributed by atoms with Gasteiger partial charge in [-0.25, -0.2) is 4.39 Å². The van der Waals surface area contributed by atoms with Gasteiger partial charge in [0.2, 0.25) is 0 Å². The molecule has 0 aromatic heterocycles. The summed E-state index contributed by atoms with van der Waals surface area (Å²) in [4.78, 5) is 10.9. The summed E-state index contributed by atoms with van der Waals surface area (Å²) in [7, 11) is 0. The first-order valence-electron chi connectivity index (χ1n) is 4.76. The van der Waals surface area contributed by atoms with Crippen molar-refractivity contribution in [1.82, 2.24) is 0 Å². The molecule has 1 aromatic rings. The van der Waals surface area contributed by atoms with Crippen LogP contribution in [0.1, 0.15) is 37.3 Å². The van der Waals surface area contributed by atoms with E-state index in [1.54, 1.807) is 13.0 Å². The average Bonchev–Trinajstić information content (AvgIpc) is 2.01. The Balaban J connectivity index is 2.90. The SMILES string of the molecule is CC(=O)CC(C)c1ccc(F)cc1C. The van der Waals surface area contributed by atoms with E-state index in [1.807, 2.05) is 13.8 Å². The minimum absolute atomic E-state index is 0.168. The van der Waals surface area contributed by atoms with E-state index in [0.29, 0.717) is 6.42 Å². The lowest BCUT2D eigenvalue weighted by molar-refractivity contribution is -0.117. The maximum Gasteiger partial charge on any atom is 0.130 e. The Morgan fingerprint density at radius 1 is 1.50 bits per heavy atom. The van der Waals surface area contributed by atoms with Crippen molar-refractivity contribution in [2.45, 2.75) is 33.1 Å². The third kappa shape index (κ3) is 2.66. The third-order valence-electron chi connectivity index (χ3n) is 2.36. The number of rotatable bonds is 3. The normalized spacial score (nSPS) is 12.6. The molecule has 0 spiro atoms. The van der Waals surface area contributed by atoms with E-state index in [-0.39, 0.29) is 17.5 Å². The van der Waals surface area contributed by atoms with Gasteiger partial charge in [-0.15, -0.1) is 0 Å². The summed E-state index contributed by atoms with van der Waals surface area (Å²) in [5.41, 5.74) is 1.97. The zero-order valence-electron chi connectivity index (χ0n) is 8.80. The van der Waals surface area contributed by atoms with Crippen LogP contribution in [0.2, 0.25) is 0 Å². The number of hydrogen-bond donors (Lipinski definition) is 0. The van der Waals surface area contributed by atoms with Crippen LogP contribution >= 0.6 is 0 Å². The molecule has 0 aliphatic heterocycles. The fourth-order valence-corrected chi connectivity index (χ4v) is 1.73. The predicted octanol–water partition coefficient (Wildman–Crippen LogP) is 3.22. The number of carbonyl (C=O) groups is 1. The Hall–Kier alpha value is -1.18. The second-order valence-electron chi connectivity index (χ2n) is 3.81. The van der Waals surface area contributed by atoms with Crippen LogP contribution in [0.25, 0.3) is 0 Å². The molecule has 0 fully saturated rings. The average molecular weight is 194 g/mol. The van der Waals surface area contributed by atoms with Gasteiger partial charge in [0.15, 0.2) is 0 Å². The van der Waals surface area contributed by atoms with E-state index in [1.165, 1.54) is 12.1 Å². The number of aryl methyl sites for hydroxylation is 1. The second-order valence-corrected chi connectivity index (χ2v) is 3.81. The van der Waals surface area contributed by atoms with Gasteiger partial charge in [-0.2, -0.15) is 0 Å². The molecule has 1 rings (SSSR count). The van der Waals surface area contributed by atoms with Crippen LogP contribution in [-0.4, -0.2) is 5.78 Å². The van der Waals surface area contributed by atoms with Gasteiger partial charge in [0.25, 0.3) is 0 Å². The first-order chi connectivity index (χ1) is 6.50. The summed E-state index contributed by atoms with van der Waals surface area (Å²) >= 11 is 0. The van der Waals surface area contributed by atoms with Crippen LogP contribution in [0.4, 0.5) is 4.39 Å². The Morgan fingerprint density at radius 3 is 2.64 bits per heavy atom. The van der Waals surface area contributed by atoms with Gasteiger partial charge >= 0.3 is 0 Å². The lowest BCUT2D eigenvalue weighted by Gasteiger charge is -2.12. The van der Waals surface area contributed by atoms with E-state index >= 15 is 0 Å². The molecule has 2 heteroatoms. The van der Waals surface area contributed by atoms with Gasteiger partial charge in [-0.1, -0.05) is 13.0 Å². The topological polar surface area (TPSA) is 17.1 Å². The van der Waals surface area contributed by atoms with E-state index in [9.17, 15) is 9.18 Å². The minimum Gasteiger partial charge on any atom is -0.300 e. The Bertz CT molecular complexity index is 344. The summed E-state index contributed by atoms with van der Waals surface area (Å²) in [6, 6.07) is 4.71. The van der Waals surface area contributed by atoms with Gasteiger partial charge < -0.3 is 4.79 Å². The maximum absolute atomic E-state index is 12.8. The van der Waals surface area contributed by atoms with E-state index in [4.69, 9.17) is 0 Å². The highest BCUT2D eigenvalue weighted by Gasteiger charge is 2.10. The molecule has 0 amide bonds. The zero-order chi connectivity index (χ0) is 10.7. The lowest BCUT2D eigenvalue weighted by Crippen LogP contribution is -2.02. The number of Topliss-reactive ketones (excluding diaryl/α,β-unsaturated/α-hetero) is 1. The number of hydrogen-bond acceptors (Lipinski definition) is 1. The maximum atomic E-state index is 12.8. The van der Waals surface area contributed by atoms with Gasteiger partial charge in [0.05, 0.1) is 0 Å². The molecule has 0 aliphatic carbocycles. The standard InChI is InChI=1S/C12H15FO/c1-8(6-10(3)14)12-5-4-11(13)7-9(12)2/h4-5,7-8H,6H2,1-3H3. The van der Waals surface area contributed by atoms with Crippen molar-refractivity contribution in [3.8, 4) is 0 Å². The summed E-state index contributed by atoms with van der Waals surface area (Å²) in [6.45, 7) is 5.44. The summed E-state index contributed by atoms with van der Waals surface area (Å²) in [5, 5.41) is 0. The first kappa shape index (κ1) is 10.9. The Morgan fingerprint density at radius 2 is 2.14 bits per heavy atom. The van der Waals surface area contributed by atoms with Crippen molar-refractivity contribution in [1.29, 1.82) is 0 Å². The van der Waals surface area contributed by atoms with Crippen molar-refractivity contribution in [3.63, 3.8) is 0 Å². The third-order valence-corrected chi connectivity index (χ3v) is 2.36. The summed E-state index contributed by atoms with van der Waals surface area (Å²) in [5.74, 6) is 0.121. The molecule has 1 unspecified atom stereocenters. The van der Waals surface area contributed by atoms with Crippen LogP contribution in [0.5, 0.6) is 0 Å². The first-order valence-corrected chi connectivity index (χ1v) is 4.76. The molecule has 0 N–H and O–H groups in total. The molecule has 0 saturated heterocycles. The molecule has 0 heterocycles. The van der Waals surface area contributed by atoms with Crippen LogP contribution < -0.4 is 0 Å².